The molecule has 9 heteroatoms. The maximum Gasteiger partial charge on any atom is 0.469 e. The Hall–Kier alpha value is -2.06. The molecule has 180 valence electrons. The van der Waals surface area contributed by atoms with Crippen LogP contribution in [0.5, 0.6) is 0 Å². The van der Waals surface area contributed by atoms with Gasteiger partial charge in [-0.3, -0.25) is 9.32 Å². The lowest BCUT2D eigenvalue weighted by Gasteiger charge is -2.27. The number of benzene rings is 2. The van der Waals surface area contributed by atoms with E-state index in [1.165, 1.54) is 19.3 Å². The van der Waals surface area contributed by atoms with E-state index in [-0.39, 0.29) is 11.8 Å². The normalized spacial score (nSPS) is 14.1. The molecule has 3 rings (SSSR count). The molecular formula is C24H32NO7P. The minimum absolute atomic E-state index is 0.0771. The summed E-state index contributed by atoms with van der Waals surface area (Å²) in [5, 5.41) is 10.6. The standard InChI is InChI=1S/C24H32NO7P/c1-2-3-4-5-6-17-8-10-21-20(13-17)23(27)19-9-7-18(14-22(19)32-21)11-12-24(25,15-26)16-31-33(28,29)30/h7-10,13-14,26H,2-6,11-12,15-16,25H2,1H3,(H2,28,29,30). The van der Waals surface area contributed by atoms with E-state index in [1.54, 1.807) is 18.2 Å². The molecule has 0 saturated carbocycles. The lowest BCUT2D eigenvalue weighted by atomic mass is 9.93. The third-order valence-electron chi connectivity index (χ3n) is 5.86. The van der Waals surface area contributed by atoms with E-state index in [1.807, 2.05) is 18.2 Å². The van der Waals surface area contributed by atoms with Crippen molar-refractivity contribution in [3.05, 3.63) is 57.7 Å². The summed E-state index contributed by atoms with van der Waals surface area (Å²) in [7, 11) is -4.69. The number of nitrogens with two attached hydrogens (primary N) is 1. The van der Waals surface area contributed by atoms with Crippen molar-refractivity contribution in [3.8, 4) is 0 Å². The molecule has 0 saturated heterocycles. The van der Waals surface area contributed by atoms with E-state index < -0.39 is 26.6 Å². The number of fused-ring (bicyclic) bond motifs is 2. The van der Waals surface area contributed by atoms with Gasteiger partial charge in [-0.2, -0.15) is 0 Å². The van der Waals surface area contributed by atoms with Gasteiger partial charge in [0.2, 0.25) is 5.43 Å². The lowest BCUT2D eigenvalue weighted by Crippen LogP contribution is -2.48. The molecule has 0 aliphatic rings. The Morgan fingerprint density at radius 1 is 1.00 bits per heavy atom. The summed E-state index contributed by atoms with van der Waals surface area (Å²) in [5.41, 5.74) is 7.58. The highest BCUT2D eigenvalue weighted by atomic mass is 31.2. The van der Waals surface area contributed by atoms with Crippen LogP contribution < -0.4 is 11.2 Å². The predicted octanol–water partition coefficient (Wildman–Crippen LogP) is 3.80. The molecule has 0 aliphatic carbocycles. The fraction of sp³-hybridized carbons (Fsp3) is 0.458. The summed E-state index contributed by atoms with van der Waals surface area (Å²) in [6.07, 6.45) is 6.21. The van der Waals surface area contributed by atoms with Crippen LogP contribution in [0.25, 0.3) is 21.9 Å². The van der Waals surface area contributed by atoms with Gasteiger partial charge in [0.15, 0.2) is 0 Å². The first kappa shape index (κ1) is 25.6. The molecule has 1 atom stereocenters. The summed E-state index contributed by atoms with van der Waals surface area (Å²) < 4.78 is 21.4. The number of hydrogen-bond acceptors (Lipinski definition) is 6. The molecule has 0 spiro atoms. The predicted molar refractivity (Wildman–Crippen MR) is 128 cm³/mol. The lowest BCUT2D eigenvalue weighted by molar-refractivity contribution is 0.102. The molecule has 0 amide bonds. The maximum absolute atomic E-state index is 13.1. The highest BCUT2D eigenvalue weighted by molar-refractivity contribution is 7.46. The summed E-state index contributed by atoms with van der Waals surface area (Å²) in [4.78, 5) is 30.8. The van der Waals surface area contributed by atoms with E-state index >= 15 is 0 Å². The molecule has 1 unspecified atom stereocenters. The fourth-order valence-electron chi connectivity index (χ4n) is 3.82. The van der Waals surface area contributed by atoms with Crippen LogP contribution in [0.4, 0.5) is 0 Å². The zero-order valence-corrected chi connectivity index (χ0v) is 19.7. The first-order valence-electron chi connectivity index (χ1n) is 11.2. The van der Waals surface area contributed by atoms with E-state index in [2.05, 4.69) is 11.4 Å². The van der Waals surface area contributed by atoms with Gasteiger partial charge in [0, 0.05) is 0 Å². The molecule has 1 heterocycles. The molecule has 33 heavy (non-hydrogen) atoms. The average Bonchev–Trinajstić information content (AvgIpc) is 2.79. The van der Waals surface area contributed by atoms with Crippen molar-refractivity contribution in [1.82, 2.24) is 0 Å². The first-order valence-corrected chi connectivity index (χ1v) is 12.8. The number of unbranched alkanes of at least 4 members (excludes halogenated alkanes) is 3. The fourth-order valence-corrected chi connectivity index (χ4v) is 4.24. The van der Waals surface area contributed by atoms with Crippen LogP contribution in [-0.4, -0.2) is 33.6 Å². The molecule has 0 bridgehead atoms. The van der Waals surface area contributed by atoms with Crippen LogP contribution >= 0.6 is 7.82 Å². The second-order valence-electron chi connectivity index (χ2n) is 8.69. The van der Waals surface area contributed by atoms with E-state index in [4.69, 9.17) is 19.9 Å². The second kappa shape index (κ2) is 10.9. The molecular weight excluding hydrogens is 445 g/mol. The minimum atomic E-state index is -4.69. The molecule has 8 nitrogen and oxygen atoms in total. The number of phosphoric acid groups is 1. The van der Waals surface area contributed by atoms with E-state index in [9.17, 15) is 14.5 Å². The molecule has 0 radical (unpaired) electrons. The molecule has 2 aromatic carbocycles. The minimum Gasteiger partial charge on any atom is -0.456 e. The Morgan fingerprint density at radius 3 is 2.42 bits per heavy atom. The van der Waals surface area contributed by atoms with Gasteiger partial charge in [0.25, 0.3) is 0 Å². The zero-order valence-electron chi connectivity index (χ0n) is 18.8. The maximum atomic E-state index is 13.1. The van der Waals surface area contributed by atoms with Crippen molar-refractivity contribution in [3.63, 3.8) is 0 Å². The van der Waals surface area contributed by atoms with E-state index in [0.29, 0.717) is 28.4 Å². The van der Waals surface area contributed by atoms with Gasteiger partial charge in [-0.15, -0.1) is 0 Å². The van der Waals surface area contributed by atoms with Crippen molar-refractivity contribution in [2.24, 2.45) is 5.73 Å². The van der Waals surface area contributed by atoms with Crippen LogP contribution in [0.1, 0.15) is 50.2 Å². The van der Waals surface area contributed by atoms with Gasteiger partial charge in [0.05, 0.1) is 29.5 Å². The van der Waals surface area contributed by atoms with Gasteiger partial charge in [0.1, 0.15) is 11.2 Å². The Morgan fingerprint density at radius 2 is 1.73 bits per heavy atom. The number of rotatable bonds is 12. The van der Waals surface area contributed by atoms with Crippen molar-refractivity contribution in [2.45, 2.75) is 57.4 Å². The average molecular weight is 477 g/mol. The van der Waals surface area contributed by atoms with Crippen molar-refractivity contribution in [2.75, 3.05) is 13.2 Å². The Balaban J connectivity index is 1.79. The SMILES string of the molecule is CCCCCCc1ccc2oc3cc(CCC(N)(CO)COP(=O)(O)O)ccc3c(=O)c2c1. The molecule has 0 aliphatic heterocycles. The first-order chi connectivity index (χ1) is 15.6. The summed E-state index contributed by atoms with van der Waals surface area (Å²) in [6.45, 7) is 1.20. The van der Waals surface area contributed by atoms with Crippen LogP contribution in [0.3, 0.4) is 0 Å². The number of aryl methyl sites for hydroxylation is 2. The summed E-state index contributed by atoms with van der Waals surface area (Å²) in [5.74, 6) is 0. The van der Waals surface area contributed by atoms with Gasteiger partial charge < -0.3 is 25.0 Å². The third-order valence-corrected chi connectivity index (χ3v) is 6.33. The molecule has 1 aromatic heterocycles. The second-order valence-corrected chi connectivity index (χ2v) is 9.93. The largest absolute Gasteiger partial charge is 0.469 e. The van der Waals surface area contributed by atoms with Crippen LogP contribution in [0.15, 0.2) is 45.6 Å². The van der Waals surface area contributed by atoms with Gasteiger partial charge in [-0.25, -0.2) is 4.57 Å². The van der Waals surface area contributed by atoms with Crippen LogP contribution in [-0.2, 0) is 21.9 Å². The topological polar surface area (TPSA) is 143 Å². The van der Waals surface area contributed by atoms with Crippen LogP contribution in [0, 0.1) is 0 Å². The van der Waals surface area contributed by atoms with Gasteiger partial charge >= 0.3 is 7.82 Å². The number of phosphoric ester groups is 1. The van der Waals surface area contributed by atoms with Gasteiger partial charge in [-0.05, 0) is 61.1 Å². The highest BCUT2D eigenvalue weighted by Gasteiger charge is 2.28. The van der Waals surface area contributed by atoms with Crippen molar-refractivity contribution in [1.29, 1.82) is 0 Å². The van der Waals surface area contributed by atoms with Crippen LogP contribution in [0.2, 0.25) is 0 Å². The van der Waals surface area contributed by atoms with Crippen molar-refractivity contribution >= 4 is 29.8 Å². The molecule has 3 aromatic rings. The molecule has 5 N–H and O–H groups in total. The zero-order chi connectivity index (χ0) is 24.1. The van der Waals surface area contributed by atoms with Gasteiger partial charge in [-0.1, -0.05) is 38.3 Å². The summed E-state index contributed by atoms with van der Waals surface area (Å²) in [6, 6.07) is 11.0. The van der Waals surface area contributed by atoms with E-state index in [0.717, 1.165) is 24.0 Å². The number of hydrogen-bond donors (Lipinski definition) is 4. The summed E-state index contributed by atoms with van der Waals surface area (Å²) >= 11 is 0. The number of aliphatic hydroxyl groups is 1. The smallest absolute Gasteiger partial charge is 0.456 e. The Bertz CT molecular complexity index is 1200. The monoisotopic (exact) mass is 477 g/mol. The Labute approximate surface area is 192 Å². The molecule has 0 fully saturated rings. The third kappa shape index (κ3) is 6.96. The Kier molecular flexibility index (Phi) is 8.45. The highest BCUT2D eigenvalue weighted by Crippen LogP contribution is 2.37. The quantitative estimate of drug-likeness (QED) is 0.175. The number of aliphatic hydroxyl groups excluding tert-OH is 1. The van der Waals surface area contributed by atoms with Crippen molar-refractivity contribution < 1.29 is 28.4 Å².